The van der Waals surface area contributed by atoms with E-state index in [-0.39, 0.29) is 11.7 Å². The molecular formula is C26H27BrFN5O. The van der Waals surface area contributed by atoms with Crippen molar-refractivity contribution in [2.75, 3.05) is 49.7 Å². The summed E-state index contributed by atoms with van der Waals surface area (Å²) < 4.78 is 15.7. The summed E-state index contributed by atoms with van der Waals surface area (Å²) in [6.07, 6.45) is 7.83. The van der Waals surface area contributed by atoms with Crippen LogP contribution in [0.25, 0.3) is 0 Å². The summed E-state index contributed by atoms with van der Waals surface area (Å²) in [7, 11) is 2.14. The molecule has 3 aliphatic heterocycles. The minimum atomic E-state index is -0.370. The zero-order valence-electron chi connectivity index (χ0n) is 19.0. The van der Waals surface area contributed by atoms with E-state index >= 15 is 0 Å². The number of carbonyl (C=O) groups excluding carboxylic acids is 1. The third kappa shape index (κ3) is 4.60. The molecule has 1 N–H and O–H groups in total. The molecule has 1 amide bonds. The monoisotopic (exact) mass is 523 g/mol. The second-order valence-electron chi connectivity index (χ2n) is 8.67. The molecule has 0 radical (unpaired) electrons. The van der Waals surface area contributed by atoms with Crippen molar-refractivity contribution < 1.29 is 9.18 Å². The smallest absolute Gasteiger partial charge is 0.251 e. The minimum Gasteiger partial charge on any atom is -0.369 e. The Hall–Kier alpha value is -3.10. The van der Waals surface area contributed by atoms with Crippen molar-refractivity contribution in [3.05, 3.63) is 94.0 Å². The number of likely N-dealkylation sites (N-methyl/N-ethyl adjacent to an activating group) is 1. The minimum absolute atomic E-state index is 0.225. The first kappa shape index (κ1) is 22.7. The molecule has 176 valence electrons. The van der Waals surface area contributed by atoms with Crippen LogP contribution in [0, 0.1) is 5.82 Å². The summed E-state index contributed by atoms with van der Waals surface area (Å²) in [4.78, 5) is 17.7. The van der Waals surface area contributed by atoms with Crippen molar-refractivity contribution in [2.24, 2.45) is 0 Å². The second-order valence-corrected chi connectivity index (χ2v) is 9.59. The molecule has 6 nitrogen and oxygen atoms in total. The first-order valence-electron chi connectivity index (χ1n) is 11.4. The van der Waals surface area contributed by atoms with E-state index in [9.17, 15) is 9.18 Å². The van der Waals surface area contributed by atoms with Crippen molar-refractivity contribution >= 4 is 33.2 Å². The fourth-order valence-electron chi connectivity index (χ4n) is 4.47. The number of nitrogens with zero attached hydrogens (tertiary/aromatic N) is 4. The summed E-state index contributed by atoms with van der Waals surface area (Å²) in [6, 6.07) is 12.7. The van der Waals surface area contributed by atoms with Crippen LogP contribution in [0.15, 0.2) is 77.1 Å². The fourth-order valence-corrected chi connectivity index (χ4v) is 4.80. The van der Waals surface area contributed by atoms with Crippen LogP contribution >= 0.6 is 15.9 Å². The summed E-state index contributed by atoms with van der Waals surface area (Å²) in [6.45, 7) is 4.90. The van der Waals surface area contributed by atoms with E-state index in [0.29, 0.717) is 24.3 Å². The molecule has 0 aromatic heterocycles. The van der Waals surface area contributed by atoms with E-state index in [4.69, 9.17) is 0 Å². The number of amides is 1. The molecule has 2 aromatic rings. The van der Waals surface area contributed by atoms with Crippen molar-refractivity contribution in [1.82, 2.24) is 15.2 Å². The van der Waals surface area contributed by atoms with Gasteiger partial charge in [-0.3, -0.25) is 14.8 Å². The van der Waals surface area contributed by atoms with Crippen molar-refractivity contribution in [1.29, 1.82) is 0 Å². The number of anilines is 2. The van der Waals surface area contributed by atoms with Crippen molar-refractivity contribution in [2.45, 2.75) is 6.54 Å². The number of hydrogen-bond acceptors (Lipinski definition) is 5. The predicted molar refractivity (Wildman–Crippen MR) is 137 cm³/mol. The highest BCUT2D eigenvalue weighted by atomic mass is 79.9. The molecule has 0 spiro atoms. The summed E-state index contributed by atoms with van der Waals surface area (Å²) >= 11 is 3.48. The van der Waals surface area contributed by atoms with Gasteiger partial charge in [-0.05, 0) is 71.0 Å². The Morgan fingerprint density at radius 1 is 1.06 bits per heavy atom. The number of hydrogen-bond donors (Lipinski definition) is 1. The standard InChI is InChI=1S/C26H27BrFN5O/c1-30-12-14-31(15-13-30)24-5-3-2-4-20(24)17-29-26(34)19-6-9-23(28)25(16-19)32-11-10-22-8-7-21(27)18-33(22)32/h2-10,16,18H,11-15,17H2,1H3,(H,29,34). The van der Waals surface area contributed by atoms with Gasteiger partial charge in [-0.1, -0.05) is 18.2 Å². The quantitative estimate of drug-likeness (QED) is 0.634. The number of hydrazine groups is 1. The molecule has 0 unspecified atom stereocenters. The third-order valence-electron chi connectivity index (χ3n) is 6.42. The van der Waals surface area contributed by atoms with E-state index in [0.717, 1.165) is 47.6 Å². The van der Waals surface area contributed by atoms with Crippen LogP contribution in [0.2, 0.25) is 0 Å². The van der Waals surface area contributed by atoms with Gasteiger partial charge in [0.15, 0.2) is 0 Å². The third-order valence-corrected chi connectivity index (χ3v) is 6.89. The molecule has 34 heavy (non-hydrogen) atoms. The van der Waals surface area contributed by atoms with Crippen LogP contribution in [-0.4, -0.2) is 55.6 Å². The topological polar surface area (TPSA) is 42.1 Å². The number of para-hydroxylation sites is 1. The number of halogens is 2. The van der Waals surface area contributed by atoms with Crippen LogP contribution < -0.4 is 15.2 Å². The first-order valence-corrected chi connectivity index (χ1v) is 12.2. The molecule has 3 heterocycles. The zero-order valence-corrected chi connectivity index (χ0v) is 20.6. The van der Waals surface area contributed by atoms with Gasteiger partial charge in [-0.2, -0.15) is 0 Å². The predicted octanol–water partition coefficient (Wildman–Crippen LogP) is 4.23. The summed E-state index contributed by atoms with van der Waals surface area (Å²) in [5, 5.41) is 6.73. The SMILES string of the molecule is CN1CCN(c2ccccc2CNC(=O)c2ccc(F)c(N3CC=C4C=CC(Br)=CN43)c2)CC1. The Bertz CT molecular complexity index is 1190. The lowest BCUT2D eigenvalue weighted by atomic mass is 10.1. The molecule has 3 aliphatic rings. The molecular weight excluding hydrogens is 497 g/mol. The highest BCUT2D eigenvalue weighted by Gasteiger charge is 2.26. The molecule has 0 saturated carbocycles. The summed E-state index contributed by atoms with van der Waals surface area (Å²) in [5.74, 6) is -0.595. The maximum atomic E-state index is 14.8. The number of rotatable bonds is 5. The van der Waals surface area contributed by atoms with Crippen LogP contribution in [0.1, 0.15) is 15.9 Å². The van der Waals surface area contributed by atoms with Gasteiger partial charge >= 0.3 is 0 Å². The number of fused-ring (bicyclic) bond motifs is 1. The number of benzene rings is 2. The van der Waals surface area contributed by atoms with E-state index in [1.54, 1.807) is 6.07 Å². The summed E-state index contributed by atoms with van der Waals surface area (Å²) in [5.41, 5.74) is 3.99. The number of nitrogens with one attached hydrogen (secondary N) is 1. The van der Waals surface area contributed by atoms with Gasteiger partial charge in [0, 0.05) is 54.7 Å². The lowest BCUT2D eigenvalue weighted by Crippen LogP contribution is -2.45. The lowest BCUT2D eigenvalue weighted by Gasteiger charge is -2.35. The van der Waals surface area contributed by atoms with Gasteiger partial charge in [0.1, 0.15) is 5.82 Å². The first-order chi connectivity index (χ1) is 16.5. The van der Waals surface area contributed by atoms with E-state index in [1.165, 1.54) is 12.1 Å². The number of carbonyl (C=O) groups is 1. The molecule has 1 fully saturated rings. The van der Waals surface area contributed by atoms with Gasteiger partial charge in [0.05, 0.1) is 17.9 Å². The molecule has 5 rings (SSSR count). The van der Waals surface area contributed by atoms with Crippen molar-refractivity contribution in [3.63, 3.8) is 0 Å². The molecule has 1 saturated heterocycles. The Labute approximate surface area is 207 Å². The molecule has 0 bridgehead atoms. The average Bonchev–Trinajstić information content (AvgIpc) is 3.26. The number of allylic oxidation sites excluding steroid dienone is 3. The normalized spacial score (nSPS) is 18.0. The highest BCUT2D eigenvalue weighted by molar-refractivity contribution is 9.11. The highest BCUT2D eigenvalue weighted by Crippen LogP contribution is 2.32. The molecule has 0 atom stereocenters. The van der Waals surface area contributed by atoms with Crippen LogP contribution in [0.4, 0.5) is 15.8 Å². The van der Waals surface area contributed by atoms with Gasteiger partial charge in [-0.15, -0.1) is 0 Å². The number of piperazine rings is 1. The molecule has 0 aliphatic carbocycles. The van der Waals surface area contributed by atoms with E-state index < -0.39 is 0 Å². The maximum absolute atomic E-state index is 14.8. The van der Waals surface area contributed by atoms with Crippen LogP contribution in [-0.2, 0) is 6.54 Å². The fraction of sp³-hybridized carbons (Fsp3) is 0.269. The van der Waals surface area contributed by atoms with Crippen LogP contribution in [0.5, 0.6) is 0 Å². The largest absolute Gasteiger partial charge is 0.369 e. The maximum Gasteiger partial charge on any atom is 0.251 e. The van der Waals surface area contributed by atoms with Crippen LogP contribution in [0.3, 0.4) is 0 Å². The van der Waals surface area contributed by atoms with E-state index in [2.05, 4.69) is 50.2 Å². The zero-order chi connectivity index (χ0) is 23.7. The Morgan fingerprint density at radius 3 is 2.68 bits per heavy atom. The Kier molecular flexibility index (Phi) is 6.43. The van der Waals surface area contributed by atoms with Gasteiger partial charge in [-0.25, -0.2) is 4.39 Å². The second kappa shape index (κ2) is 9.64. The molecule has 2 aromatic carbocycles. The average molecular weight is 524 g/mol. The molecule has 8 heteroatoms. The Morgan fingerprint density at radius 2 is 1.85 bits per heavy atom. The van der Waals surface area contributed by atoms with Gasteiger partial charge in [0.25, 0.3) is 5.91 Å². The lowest BCUT2D eigenvalue weighted by molar-refractivity contribution is 0.0951. The Balaban J connectivity index is 1.30. The van der Waals surface area contributed by atoms with Gasteiger partial charge < -0.3 is 15.1 Å². The van der Waals surface area contributed by atoms with Gasteiger partial charge in [0.2, 0.25) is 0 Å². The van der Waals surface area contributed by atoms with E-state index in [1.807, 2.05) is 46.6 Å². The van der Waals surface area contributed by atoms with Crippen molar-refractivity contribution in [3.8, 4) is 0 Å².